The molecule has 2 fully saturated rings. The SMILES string of the molecule is Cc1cccn(CC2(c3ccc(F)c(F)c3)NC(=O)NC2=O)c1=O.Cc1cccn(CC2(c3ccc(F)c(F)c3)NC(=O)NC2=O)c1=O. The lowest BCUT2D eigenvalue weighted by molar-refractivity contribution is -0.125. The molecule has 248 valence electrons. The molecule has 4 aromatic rings. The van der Waals surface area contributed by atoms with Crippen LogP contribution in [0.4, 0.5) is 27.2 Å². The third-order valence-electron chi connectivity index (χ3n) is 7.94. The molecule has 6 rings (SSSR count). The number of nitrogens with one attached hydrogen (secondary N) is 4. The van der Waals surface area contributed by atoms with E-state index >= 15 is 0 Å². The zero-order valence-electron chi connectivity index (χ0n) is 25.2. The topological polar surface area (TPSA) is 160 Å². The Morgan fingerprint density at radius 3 is 1.25 bits per heavy atom. The Morgan fingerprint density at radius 1 is 0.562 bits per heavy atom. The second-order valence-electron chi connectivity index (χ2n) is 11.1. The molecular formula is C32H26F4N6O6. The van der Waals surface area contributed by atoms with E-state index in [9.17, 15) is 46.3 Å². The maximum atomic E-state index is 13.6. The van der Waals surface area contributed by atoms with Crippen molar-refractivity contribution in [1.82, 2.24) is 30.4 Å². The fraction of sp³-hybridized carbons (Fsp3) is 0.188. The van der Waals surface area contributed by atoms with E-state index in [2.05, 4.69) is 21.3 Å². The van der Waals surface area contributed by atoms with Gasteiger partial charge in [-0.25, -0.2) is 27.2 Å². The summed E-state index contributed by atoms with van der Waals surface area (Å²) >= 11 is 0. The Bertz CT molecular complexity index is 1970. The molecule has 0 aliphatic carbocycles. The molecule has 0 radical (unpaired) electrons. The average molecular weight is 667 g/mol. The van der Waals surface area contributed by atoms with Crippen LogP contribution >= 0.6 is 0 Å². The Balaban J connectivity index is 0.000000188. The minimum Gasteiger partial charge on any atom is -0.318 e. The van der Waals surface area contributed by atoms with Gasteiger partial charge >= 0.3 is 12.1 Å². The highest BCUT2D eigenvalue weighted by Gasteiger charge is 2.49. The quantitative estimate of drug-likeness (QED) is 0.183. The van der Waals surface area contributed by atoms with Crippen molar-refractivity contribution in [2.45, 2.75) is 38.0 Å². The van der Waals surface area contributed by atoms with Gasteiger partial charge in [0.1, 0.15) is 0 Å². The van der Waals surface area contributed by atoms with Gasteiger partial charge in [-0.1, -0.05) is 24.3 Å². The van der Waals surface area contributed by atoms with Crippen LogP contribution in [0.3, 0.4) is 0 Å². The zero-order valence-corrected chi connectivity index (χ0v) is 25.2. The molecule has 48 heavy (non-hydrogen) atoms. The summed E-state index contributed by atoms with van der Waals surface area (Å²) in [6.07, 6.45) is 2.91. The summed E-state index contributed by atoms with van der Waals surface area (Å²) in [5.74, 6) is -5.95. The summed E-state index contributed by atoms with van der Waals surface area (Å²) in [7, 11) is 0. The predicted molar refractivity (Wildman–Crippen MR) is 160 cm³/mol. The first-order chi connectivity index (χ1) is 22.7. The first-order valence-electron chi connectivity index (χ1n) is 14.2. The fourth-order valence-electron chi connectivity index (χ4n) is 5.39. The van der Waals surface area contributed by atoms with Crippen molar-refractivity contribution in [1.29, 1.82) is 0 Å². The van der Waals surface area contributed by atoms with Crippen molar-refractivity contribution in [2.24, 2.45) is 0 Å². The monoisotopic (exact) mass is 666 g/mol. The lowest BCUT2D eigenvalue weighted by Gasteiger charge is -2.27. The number of hydrogen-bond donors (Lipinski definition) is 4. The Labute approximate surface area is 268 Å². The number of aryl methyl sites for hydroxylation is 2. The molecule has 4 heterocycles. The molecule has 0 spiro atoms. The number of urea groups is 2. The number of amides is 6. The Hall–Kier alpha value is -6.06. The van der Waals surface area contributed by atoms with Crippen molar-refractivity contribution in [3.8, 4) is 0 Å². The zero-order chi connectivity index (χ0) is 35.0. The normalized spacial score (nSPS) is 20.0. The van der Waals surface area contributed by atoms with E-state index in [4.69, 9.17) is 0 Å². The Morgan fingerprint density at radius 2 is 0.938 bits per heavy atom. The summed E-state index contributed by atoms with van der Waals surface area (Å²) in [5, 5.41) is 9.00. The Kier molecular flexibility index (Phi) is 8.76. The van der Waals surface area contributed by atoms with E-state index in [0.717, 1.165) is 24.3 Å². The predicted octanol–water partition coefficient (Wildman–Crippen LogP) is 2.34. The van der Waals surface area contributed by atoms with Gasteiger partial charge in [0, 0.05) is 23.5 Å². The molecule has 16 heteroatoms. The van der Waals surface area contributed by atoms with Gasteiger partial charge in [-0.3, -0.25) is 29.8 Å². The number of benzene rings is 2. The van der Waals surface area contributed by atoms with E-state index in [0.29, 0.717) is 11.1 Å². The fourth-order valence-corrected chi connectivity index (χ4v) is 5.39. The number of halogens is 4. The molecule has 2 atom stereocenters. The highest BCUT2D eigenvalue weighted by atomic mass is 19.2. The van der Waals surface area contributed by atoms with Crippen molar-refractivity contribution in [3.63, 3.8) is 0 Å². The van der Waals surface area contributed by atoms with Crippen LogP contribution in [0.25, 0.3) is 0 Å². The van der Waals surface area contributed by atoms with E-state index in [1.54, 1.807) is 38.1 Å². The molecule has 2 unspecified atom stereocenters. The average Bonchev–Trinajstić information content (AvgIpc) is 3.49. The minimum absolute atomic E-state index is 0.0400. The first kappa shape index (κ1) is 33.3. The van der Waals surface area contributed by atoms with Gasteiger partial charge in [-0.2, -0.15) is 0 Å². The van der Waals surface area contributed by atoms with Crippen LogP contribution < -0.4 is 32.4 Å². The third kappa shape index (κ3) is 6.06. The van der Waals surface area contributed by atoms with Gasteiger partial charge in [0.05, 0.1) is 13.1 Å². The van der Waals surface area contributed by atoms with Gasteiger partial charge in [-0.05, 0) is 61.4 Å². The molecule has 0 bridgehead atoms. The van der Waals surface area contributed by atoms with Crippen LogP contribution in [0.2, 0.25) is 0 Å². The molecule has 2 aliphatic heterocycles. The summed E-state index contributed by atoms with van der Waals surface area (Å²) in [5.41, 5.74) is -3.14. The number of rotatable bonds is 6. The number of aromatic nitrogens is 2. The van der Waals surface area contributed by atoms with Crippen molar-refractivity contribution < 1.29 is 36.7 Å². The van der Waals surface area contributed by atoms with Gasteiger partial charge in [0.15, 0.2) is 34.3 Å². The first-order valence-corrected chi connectivity index (χ1v) is 14.2. The second kappa shape index (κ2) is 12.6. The van der Waals surface area contributed by atoms with Crippen LogP contribution in [-0.2, 0) is 33.8 Å². The number of carbonyl (C=O) groups excluding carboxylic acids is 4. The van der Waals surface area contributed by atoms with E-state index in [1.165, 1.54) is 33.7 Å². The maximum Gasteiger partial charge on any atom is 0.322 e. The lowest BCUT2D eigenvalue weighted by Crippen LogP contribution is -2.49. The number of imide groups is 2. The summed E-state index contributed by atoms with van der Waals surface area (Å²) in [4.78, 5) is 72.5. The van der Waals surface area contributed by atoms with Crippen LogP contribution in [0, 0.1) is 37.1 Å². The van der Waals surface area contributed by atoms with Crippen molar-refractivity contribution in [2.75, 3.05) is 0 Å². The standard InChI is InChI=1S/2C16H13F2N3O3/c2*1-9-3-2-6-21(13(9)22)8-16(14(23)19-15(24)20-16)10-4-5-11(17)12(18)7-10/h2*2-7H,8H2,1H3,(H2,19,20,23,24). The highest BCUT2D eigenvalue weighted by molar-refractivity contribution is 6.08. The second-order valence-corrected chi connectivity index (χ2v) is 11.1. The third-order valence-corrected chi connectivity index (χ3v) is 7.94. The minimum atomic E-state index is -1.71. The lowest BCUT2D eigenvalue weighted by atomic mass is 9.89. The summed E-state index contributed by atoms with van der Waals surface area (Å²) in [6.45, 7) is 2.71. The molecule has 2 aliphatic rings. The van der Waals surface area contributed by atoms with E-state index in [1.807, 2.05) is 0 Å². The molecular weight excluding hydrogens is 640 g/mol. The number of hydrogen-bond acceptors (Lipinski definition) is 6. The van der Waals surface area contributed by atoms with E-state index < -0.39 is 58.2 Å². The molecule has 6 amide bonds. The molecule has 0 saturated carbocycles. The molecule has 2 saturated heterocycles. The van der Waals surface area contributed by atoms with Gasteiger partial charge < -0.3 is 19.8 Å². The number of nitrogens with zero attached hydrogens (tertiary/aromatic N) is 2. The highest BCUT2D eigenvalue weighted by Crippen LogP contribution is 2.29. The largest absolute Gasteiger partial charge is 0.322 e. The van der Waals surface area contributed by atoms with E-state index in [-0.39, 0.29) is 35.3 Å². The van der Waals surface area contributed by atoms with Crippen molar-refractivity contribution in [3.05, 3.63) is 139 Å². The summed E-state index contributed by atoms with van der Waals surface area (Å²) < 4.78 is 56.1. The maximum absolute atomic E-state index is 13.6. The van der Waals surface area contributed by atoms with Crippen LogP contribution in [0.15, 0.2) is 82.6 Å². The van der Waals surface area contributed by atoms with Crippen LogP contribution in [0.1, 0.15) is 22.3 Å². The van der Waals surface area contributed by atoms with Gasteiger partial charge in [0.2, 0.25) is 0 Å². The van der Waals surface area contributed by atoms with Crippen molar-refractivity contribution >= 4 is 23.9 Å². The number of carbonyl (C=O) groups is 4. The molecule has 2 aromatic heterocycles. The smallest absolute Gasteiger partial charge is 0.318 e. The van der Waals surface area contributed by atoms with Crippen LogP contribution in [0.5, 0.6) is 0 Å². The van der Waals surface area contributed by atoms with Crippen LogP contribution in [-0.4, -0.2) is 33.0 Å². The number of pyridine rings is 2. The molecule has 12 nitrogen and oxygen atoms in total. The molecule has 2 aromatic carbocycles. The van der Waals surface area contributed by atoms with Gasteiger partial charge in [-0.15, -0.1) is 0 Å². The molecule has 4 N–H and O–H groups in total. The van der Waals surface area contributed by atoms with Gasteiger partial charge in [0.25, 0.3) is 22.9 Å². The summed E-state index contributed by atoms with van der Waals surface area (Å²) in [6, 6.07) is 10.7.